The third kappa shape index (κ3) is 0.952. The van der Waals surface area contributed by atoms with Crippen molar-refractivity contribution in [1.82, 2.24) is 0 Å². The van der Waals surface area contributed by atoms with Crippen LogP contribution in [-0.2, 0) is 14.3 Å². The van der Waals surface area contributed by atoms with Crippen molar-refractivity contribution in [3.8, 4) is 0 Å². The first-order valence-electron chi connectivity index (χ1n) is 4.29. The maximum atomic E-state index is 11.4. The van der Waals surface area contributed by atoms with Gasteiger partial charge in [-0.05, 0) is 0 Å². The zero-order valence-electron chi connectivity index (χ0n) is 7.17. The first-order chi connectivity index (χ1) is 6.37. The van der Waals surface area contributed by atoms with Crippen LogP contribution in [0.3, 0.4) is 0 Å². The summed E-state index contributed by atoms with van der Waals surface area (Å²) in [5.41, 5.74) is -0.707. The van der Waals surface area contributed by atoms with Crippen LogP contribution in [0.5, 0.6) is 0 Å². The lowest BCUT2D eigenvalue weighted by Crippen LogP contribution is -2.49. The van der Waals surface area contributed by atoms with Gasteiger partial charge in [-0.15, -0.1) is 0 Å². The minimum absolute atomic E-state index is 0.00766. The fourth-order valence-corrected chi connectivity index (χ4v) is 2.86. The summed E-state index contributed by atoms with van der Waals surface area (Å²) in [4.78, 5) is 11.4. The fourth-order valence-electron chi connectivity index (χ4n) is 2.22. The predicted octanol–water partition coefficient (Wildman–Crippen LogP) is 1.48. The van der Waals surface area contributed by atoms with Crippen molar-refractivity contribution in [2.24, 2.45) is 5.41 Å². The molecular formula is C8H7Cl3O3. The molecule has 1 unspecified atom stereocenters. The van der Waals surface area contributed by atoms with Gasteiger partial charge in [-0.1, -0.05) is 41.7 Å². The quantitative estimate of drug-likeness (QED) is 0.488. The van der Waals surface area contributed by atoms with E-state index in [0.29, 0.717) is 0 Å². The second kappa shape index (κ2) is 2.41. The molecule has 0 bridgehead atoms. The van der Waals surface area contributed by atoms with E-state index in [-0.39, 0.29) is 18.0 Å². The summed E-state index contributed by atoms with van der Waals surface area (Å²) in [5, 5.41) is 0. The summed E-state index contributed by atoms with van der Waals surface area (Å²) in [5.74, 6) is -0.00766. The lowest BCUT2D eigenvalue weighted by Gasteiger charge is -2.34. The number of epoxide rings is 2. The van der Waals surface area contributed by atoms with Crippen molar-refractivity contribution in [2.75, 3.05) is 0 Å². The van der Waals surface area contributed by atoms with E-state index >= 15 is 0 Å². The molecule has 3 aliphatic rings. The minimum atomic E-state index is -1.47. The van der Waals surface area contributed by atoms with Gasteiger partial charge in [0.1, 0.15) is 24.4 Å². The Morgan fingerprint density at radius 3 is 2.00 bits per heavy atom. The van der Waals surface area contributed by atoms with Crippen molar-refractivity contribution in [1.29, 1.82) is 0 Å². The van der Waals surface area contributed by atoms with Gasteiger partial charge in [0, 0.05) is 0 Å². The molecule has 0 aromatic heterocycles. The minimum Gasteiger partial charge on any atom is -0.360 e. The summed E-state index contributed by atoms with van der Waals surface area (Å²) >= 11 is 17.7. The van der Waals surface area contributed by atoms with E-state index in [1.165, 1.54) is 0 Å². The van der Waals surface area contributed by atoms with E-state index in [9.17, 15) is 4.79 Å². The topological polar surface area (TPSA) is 42.1 Å². The molecule has 3 nitrogen and oxygen atoms in total. The molecule has 0 N–H and O–H groups in total. The van der Waals surface area contributed by atoms with Crippen LogP contribution >= 0.6 is 34.8 Å². The van der Waals surface area contributed by atoms with Crippen LogP contribution in [0.15, 0.2) is 0 Å². The molecule has 5 atom stereocenters. The molecule has 0 radical (unpaired) electrons. The van der Waals surface area contributed by atoms with Crippen molar-refractivity contribution in [3.63, 3.8) is 0 Å². The van der Waals surface area contributed by atoms with Crippen LogP contribution in [0.2, 0.25) is 0 Å². The van der Waals surface area contributed by atoms with Crippen LogP contribution in [0.1, 0.15) is 6.92 Å². The van der Waals surface area contributed by atoms with Gasteiger partial charge < -0.3 is 9.47 Å². The van der Waals surface area contributed by atoms with Gasteiger partial charge in [-0.2, -0.15) is 0 Å². The first-order valence-corrected chi connectivity index (χ1v) is 5.42. The molecule has 78 valence electrons. The Morgan fingerprint density at radius 1 is 1.21 bits per heavy atom. The van der Waals surface area contributed by atoms with E-state index in [1.807, 2.05) is 0 Å². The summed E-state index contributed by atoms with van der Waals surface area (Å²) in [7, 11) is 0. The van der Waals surface area contributed by atoms with E-state index in [0.717, 1.165) is 0 Å². The van der Waals surface area contributed by atoms with Crippen LogP contribution in [0, 0.1) is 5.41 Å². The number of Topliss-reactive ketones (excluding diaryl/α,β-unsaturated/α-hetero) is 1. The Hall–Kier alpha value is 0.460. The van der Waals surface area contributed by atoms with Gasteiger partial charge in [0.05, 0.1) is 5.41 Å². The Bertz CT molecular complexity index is 304. The standard InChI is InChI=1S/C8H7Cl3O3/c1-7(8(9,10)11)5-3(13-5)2(12)4-6(7)14-4/h3-6H,1H3/t3-,4+,5+,6-,7?. The highest BCUT2D eigenvalue weighted by molar-refractivity contribution is 6.68. The molecule has 2 aliphatic heterocycles. The maximum absolute atomic E-state index is 11.4. The highest BCUT2D eigenvalue weighted by Crippen LogP contribution is 2.64. The summed E-state index contributed by atoms with van der Waals surface area (Å²) in [6, 6.07) is 0. The Morgan fingerprint density at radius 2 is 1.64 bits per heavy atom. The Kier molecular flexibility index (Phi) is 1.66. The smallest absolute Gasteiger partial charge is 0.201 e. The van der Waals surface area contributed by atoms with Crippen LogP contribution in [0.4, 0.5) is 0 Å². The van der Waals surface area contributed by atoms with Crippen molar-refractivity contribution in [3.05, 3.63) is 0 Å². The number of halogens is 3. The number of alkyl halides is 3. The molecule has 14 heavy (non-hydrogen) atoms. The fraction of sp³-hybridized carbons (Fsp3) is 0.875. The number of hydrogen-bond donors (Lipinski definition) is 0. The number of carbonyl (C=O) groups is 1. The third-order valence-corrected chi connectivity index (χ3v) is 4.56. The molecule has 1 saturated carbocycles. The van der Waals surface area contributed by atoms with Gasteiger partial charge >= 0.3 is 0 Å². The first kappa shape index (κ1) is 9.67. The van der Waals surface area contributed by atoms with Gasteiger partial charge in [0.15, 0.2) is 5.78 Å². The number of fused-ring (bicyclic) bond motifs is 2. The van der Waals surface area contributed by atoms with Crippen LogP contribution < -0.4 is 0 Å². The number of ketones is 1. The molecule has 2 heterocycles. The van der Waals surface area contributed by atoms with Crippen LogP contribution in [0.25, 0.3) is 0 Å². The van der Waals surface area contributed by atoms with E-state index in [4.69, 9.17) is 44.3 Å². The molecule has 1 aliphatic carbocycles. The Balaban J connectivity index is 1.99. The highest BCUT2D eigenvalue weighted by atomic mass is 35.6. The van der Waals surface area contributed by atoms with Crippen molar-refractivity contribution in [2.45, 2.75) is 35.1 Å². The summed E-state index contributed by atoms with van der Waals surface area (Å²) in [6.45, 7) is 1.79. The lowest BCUT2D eigenvalue weighted by molar-refractivity contribution is -0.121. The molecule has 3 fully saturated rings. The maximum Gasteiger partial charge on any atom is 0.201 e. The molecule has 0 amide bonds. The van der Waals surface area contributed by atoms with Gasteiger partial charge in [-0.3, -0.25) is 4.79 Å². The molecule has 0 spiro atoms. The van der Waals surface area contributed by atoms with Gasteiger partial charge in [-0.25, -0.2) is 0 Å². The number of rotatable bonds is 0. The normalized spacial score (nSPS) is 55.0. The third-order valence-electron chi connectivity index (χ3n) is 3.34. The molecule has 2 saturated heterocycles. The molecule has 0 aromatic rings. The Labute approximate surface area is 95.6 Å². The van der Waals surface area contributed by atoms with E-state index in [2.05, 4.69) is 0 Å². The zero-order valence-corrected chi connectivity index (χ0v) is 9.44. The summed E-state index contributed by atoms with van der Waals surface area (Å²) in [6.07, 6.45) is -1.43. The second-order valence-corrected chi connectivity index (χ2v) is 6.42. The lowest BCUT2D eigenvalue weighted by atomic mass is 9.76. The SMILES string of the molecule is CC1(C(Cl)(Cl)Cl)[C@@H]2O[C@H]2C(=O)[C@H]2O[C@@H]21. The number of carbonyl (C=O) groups excluding carboxylic acids is 1. The van der Waals surface area contributed by atoms with E-state index < -0.39 is 21.4 Å². The highest BCUT2D eigenvalue weighted by Gasteiger charge is 2.78. The molecule has 3 rings (SSSR count). The number of ether oxygens (including phenoxy) is 2. The van der Waals surface area contributed by atoms with Crippen molar-refractivity contribution >= 4 is 40.6 Å². The van der Waals surface area contributed by atoms with Crippen molar-refractivity contribution < 1.29 is 14.3 Å². The number of hydrogen-bond acceptors (Lipinski definition) is 3. The molecular weight excluding hydrogens is 250 g/mol. The predicted molar refractivity (Wildman–Crippen MR) is 50.7 cm³/mol. The monoisotopic (exact) mass is 256 g/mol. The molecule has 6 heteroatoms. The second-order valence-electron chi connectivity index (χ2n) is 4.14. The average molecular weight is 258 g/mol. The van der Waals surface area contributed by atoms with E-state index in [1.54, 1.807) is 6.92 Å². The van der Waals surface area contributed by atoms with Gasteiger partial charge in [0.25, 0.3) is 0 Å². The average Bonchev–Trinajstić information content (AvgIpc) is 2.90. The largest absolute Gasteiger partial charge is 0.360 e. The summed E-state index contributed by atoms with van der Waals surface area (Å²) < 4.78 is 9.03. The zero-order chi connectivity index (χ0) is 10.3. The molecule has 0 aromatic carbocycles. The van der Waals surface area contributed by atoms with Crippen LogP contribution in [-0.4, -0.2) is 34.0 Å². The van der Waals surface area contributed by atoms with Gasteiger partial charge in [0.2, 0.25) is 3.79 Å².